The van der Waals surface area contributed by atoms with Crippen LogP contribution in [0.3, 0.4) is 0 Å². The Kier molecular flexibility index (Phi) is 5.83. The lowest BCUT2D eigenvalue weighted by Crippen LogP contribution is -2.21. The summed E-state index contributed by atoms with van der Waals surface area (Å²) in [6.07, 6.45) is 1.14. The van der Waals surface area contributed by atoms with Crippen molar-refractivity contribution in [2.75, 3.05) is 19.8 Å². The molecule has 0 saturated carbocycles. The quantitative estimate of drug-likeness (QED) is 0.820. The first kappa shape index (κ1) is 14.5. The average molecular weight is 263 g/mol. The highest BCUT2D eigenvalue weighted by Gasteiger charge is 2.15. The van der Waals surface area contributed by atoms with Crippen molar-refractivity contribution in [3.05, 3.63) is 35.4 Å². The van der Waals surface area contributed by atoms with Crippen LogP contribution in [0.15, 0.2) is 24.3 Å². The second kappa shape index (κ2) is 7.63. The fourth-order valence-corrected chi connectivity index (χ4v) is 2.21. The highest BCUT2D eigenvalue weighted by molar-refractivity contribution is 5.22. The van der Waals surface area contributed by atoms with Crippen LogP contribution in [0, 0.1) is 5.92 Å². The van der Waals surface area contributed by atoms with Gasteiger partial charge in [-0.05, 0) is 17.5 Å². The van der Waals surface area contributed by atoms with Gasteiger partial charge in [0.15, 0.2) is 0 Å². The molecular formula is C16H25NO2. The number of nitrogens with one attached hydrogen (secondary N) is 1. The van der Waals surface area contributed by atoms with Crippen LogP contribution in [-0.2, 0) is 22.6 Å². The minimum absolute atomic E-state index is 0.516. The van der Waals surface area contributed by atoms with Crippen LogP contribution in [0.4, 0.5) is 0 Å². The van der Waals surface area contributed by atoms with Crippen molar-refractivity contribution >= 4 is 0 Å². The van der Waals surface area contributed by atoms with E-state index in [1.54, 1.807) is 0 Å². The molecule has 0 spiro atoms. The van der Waals surface area contributed by atoms with E-state index in [2.05, 4.69) is 43.4 Å². The third-order valence-electron chi connectivity index (χ3n) is 3.35. The second-order valence-electron chi connectivity index (χ2n) is 5.60. The van der Waals surface area contributed by atoms with E-state index in [4.69, 9.17) is 9.47 Å². The predicted molar refractivity (Wildman–Crippen MR) is 77.0 cm³/mol. The molecule has 3 heteroatoms. The zero-order valence-corrected chi connectivity index (χ0v) is 12.0. The Hall–Kier alpha value is -0.900. The van der Waals surface area contributed by atoms with Crippen molar-refractivity contribution in [1.82, 2.24) is 5.32 Å². The molecule has 0 bridgehead atoms. The molecule has 0 aliphatic carbocycles. The van der Waals surface area contributed by atoms with Crippen molar-refractivity contribution < 1.29 is 9.47 Å². The fraction of sp³-hybridized carbons (Fsp3) is 0.625. The SMILES string of the molecule is CC(C)NCc1cccc(COCC2CCOC2)c1. The van der Waals surface area contributed by atoms with Crippen LogP contribution in [0.25, 0.3) is 0 Å². The summed E-state index contributed by atoms with van der Waals surface area (Å²) in [6, 6.07) is 9.13. The molecule has 1 N–H and O–H groups in total. The largest absolute Gasteiger partial charge is 0.381 e. The minimum Gasteiger partial charge on any atom is -0.381 e. The highest BCUT2D eigenvalue weighted by atomic mass is 16.5. The van der Waals surface area contributed by atoms with E-state index >= 15 is 0 Å². The van der Waals surface area contributed by atoms with Crippen LogP contribution in [0.2, 0.25) is 0 Å². The van der Waals surface area contributed by atoms with Crippen molar-refractivity contribution in [3.63, 3.8) is 0 Å². The molecule has 1 unspecified atom stereocenters. The van der Waals surface area contributed by atoms with Gasteiger partial charge in [0.25, 0.3) is 0 Å². The summed E-state index contributed by atoms with van der Waals surface area (Å²) in [6.45, 7) is 8.51. The summed E-state index contributed by atoms with van der Waals surface area (Å²) < 4.78 is 11.1. The van der Waals surface area contributed by atoms with E-state index in [1.807, 2.05) is 0 Å². The van der Waals surface area contributed by atoms with Crippen molar-refractivity contribution in [3.8, 4) is 0 Å². The lowest BCUT2D eigenvalue weighted by atomic mass is 10.1. The summed E-state index contributed by atoms with van der Waals surface area (Å²) >= 11 is 0. The first-order chi connectivity index (χ1) is 9.24. The zero-order chi connectivity index (χ0) is 13.5. The van der Waals surface area contributed by atoms with Crippen molar-refractivity contribution in [1.29, 1.82) is 0 Å². The molecule has 106 valence electrons. The summed E-state index contributed by atoms with van der Waals surface area (Å²) in [5.74, 6) is 0.589. The van der Waals surface area contributed by atoms with Crippen molar-refractivity contribution in [2.45, 2.75) is 39.5 Å². The number of benzene rings is 1. The fourth-order valence-electron chi connectivity index (χ4n) is 2.21. The van der Waals surface area contributed by atoms with Crippen LogP contribution >= 0.6 is 0 Å². The maximum atomic E-state index is 5.78. The Labute approximate surface area is 116 Å². The Balaban J connectivity index is 1.74. The lowest BCUT2D eigenvalue weighted by molar-refractivity contribution is 0.0791. The maximum absolute atomic E-state index is 5.78. The monoisotopic (exact) mass is 263 g/mol. The predicted octanol–water partition coefficient (Wildman–Crippen LogP) is 2.74. The Bertz CT molecular complexity index is 373. The third kappa shape index (κ3) is 5.31. The van der Waals surface area contributed by atoms with E-state index in [9.17, 15) is 0 Å². The molecule has 1 saturated heterocycles. The van der Waals surface area contributed by atoms with E-state index in [0.29, 0.717) is 18.6 Å². The van der Waals surface area contributed by atoms with Gasteiger partial charge in [0.1, 0.15) is 0 Å². The first-order valence-electron chi connectivity index (χ1n) is 7.20. The van der Waals surface area contributed by atoms with Crippen molar-refractivity contribution in [2.24, 2.45) is 5.92 Å². The molecule has 19 heavy (non-hydrogen) atoms. The molecular weight excluding hydrogens is 238 g/mol. The summed E-state index contributed by atoms with van der Waals surface area (Å²) in [4.78, 5) is 0. The summed E-state index contributed by atoms with van der Waals surface area (Å²) in [5, 5.41) is 3.43. The normalized spacial score (nSPS) is 19.2. The first-order valence-corrected chi connectivity index (χ1v) is 7.20. The molecule has 0 amide bonds. The van der Waals surface area contributed by atoms with Gasteiger partial charge in [-0.2, -0.15) is 0 Å². The van der Waals surface area contributed by atoms with E-state index in [-0.39, 0.29) is 0 Å². The topological polar surface area (TPSA) is 30.5 Å². The number of ether oxygens (including phenoxy) is 2. The van der Waals surface area contributed by atoms with Crippen LogP contribution in [0.5, 0.6) is 0 Å². The molecule has 0 radical (unpaired) electrons. The lowest BCUT2D eigenvalue weighted by Gasteiger charge is -2.11. The highest BCUT2D eigenvalue weighted by Crippen LogP contribution is 2.14. The molecule has 1 heterocycles. The summed E-state index contributed by atoms with van der Waals surface area (Å²) in [5.41, 5.74) is 2.57. The van der Waals surface area contributed by atoms with Gasteiger partial charge >= 0.3 is 0 Å². The molecule has 1 fully saturated rings. The van der Waals surface area contributed by atoms with Crippen LogP contribution in [0.1, 0.15) is 31.4 Å². The smallest absolute Gasteiger partial charge is 0.0717 e. The molecule has 1 aliphatic heterocycles. The number of rotatable bonds is 7. The molecule has 3 nitrogen and oxygen atoms in total. The van der Waals surface area contributed by atoms with Gasteiger partial charge in [0.2, 0.25) is 0 Å². The number of hydrogen-bond donors (Lipinski definition) is 1. The molecule has 1 aromatic rings. The second-order valence-corrected chi connectivity index (χ2v) is 5.60. The van der Waals surface area contributed by atoms with Crippen LogP contribution in [-0.4, -0.2) is 25.9 Å². The maximum Gasteiger partial charge on any atom is 0.0717 e. The van der Waals surface area contributed by atoms with E-state index in [0.717, 1.165) is 32.8 Å². The van der Waals surface area contributed by atoms with E-state index < -0.39 is 0 Å². The Morgan fingerprint density at radius 2 is 2.21 bits per heavy atom. The minimum atomic E-state index is 0.516. The van der Waals surface area contributed by atoms with Gasteiger partial charge in [-0.3, -0.25) is 0 Å². The zero-order valence-electron chi connectivity index (χ0n) is 12.0. The van der Waals surface area contributed by atoms with Gasteiger partial charge in [-0.15, -0.1) is 0 Å². The standard InChI is InChI=1S/C16H25NO2/c1-13(2)17-9-14-4-3-5-15(8-14)10-19-12-16-6-7-18-11-16/h3-5,8,13,16-17H,6-7,9-12H2,1-2H3. The van der Waals surface area contributed by atoms with E-state index in [1.165, 1.54) is 11.1 Å². The molecule has 2 rings (SSSR count). The molecule has 1 aromatic carbocycles. The Morgan fingerprint density at radius 3 is 2.95 bits per heavy atom. The van der Waals surface area contributed by atoms with Gasteiger partial charge in [-0.1, -0.05) is 38.1 Å². The van der Waals surface area contributed by atoms with Gasteiger partial charge < -0.3 is 14.8 Å². The molecule has 0 aromatic heterocycles. The molecule has 1 aliphatic rings. The van der Waals surface area contributed by atoms with Crippen LogP contribution < -0.4 is 5.32 Å². The average Bonchev–Trinajstić information content (AvgIpc) is 2.90. The van der Waals surface area contributed by atoms with Gasteiger partial charge in [0, 0.05) is 25.1 Å². The number of hydrogen-bond acceptors (Lipinski definition) is 3. The Morgan fingerprint density at radius 1 is 1.37 bits per heavy atom. The molecule has 1 atom stereocenters. The third-order valence-corrected chi connectivity index (χ3v) is 3.35. The summed E-state index contributed by atoms with van der Waals surface area (Å²) in [7, 11) is 0. The van der Waals surface area contributed by atoms with Gasteiger partial charge in [-0.25, -0.2) is 0 Å². The van der Waals surface area contributed by atoms with Gasteiger partial charge in [0.05, 0.1) is 19.8 Å².